The number of hydrogen-bond acceptors (Lipinski definition) is 5. The lowest BCUT2D eigenvalue weighted by Gasteiger charge is -2.22. The van der Waals surface area contributed by atoms with E-state index in [1.54, 1.807) is 48.5 Å². The molecular formula is C36H37F3N4O4. The van der Waals surface area contributed by atoms with Gasteiger partial charge in [0.05, 0.1) is 24.0 Å². The van der Waals surface area contributed by atoms with Gasteiger partial charge in [-0.2, -0.15) is 13.2 Å². The molecule has 0 aromatic heterocycles. The van der Waals surface area contributed by atoms with E-state index >= 15 is 0 Å². The second-order valence-corrected chi connectivity index (χ2v) is 10.8. The van der Waals surface area contributed by atoms with Gasteiger partial charge in [0.15, 0.2) is 0 Å². The Morgan fingerprint density at radius 1 is 0.723 bits per heavy atom. The summed E-state index contributed by atoms with van der Waals surface area (Å²) in [6.07, 6.45) is -4.61. The smallest absolute Gasteiger partial charge is 0.416 e. The number of nitrogens with one attached hydrogen (secondary N) is 3. The Morgan fingerprint density at radius 3 is 1.94 bits per heavy atom. The van der Waals surface area contributed by atoms with E-state index in [0.29, 0.717) is 30.0 Å². The maximum atomic E-state index is 13.7. The zero-order chi connectivity index (χ0) is 33.8. The second-order valence-electron chi connectivity index (χ2n) is 10.8. The largest absolute Gasteiger partial charge is 0.494 e. The van der Waals surface area contributed by atoms with Crippen LogP contribution in [0.15, 0.2) is 103 Å². The zero-order valence-electron chi connectivity index (χ0n) is 25.8. The molecule has 0 unspecified atom stereocenters. The van der Waals surface area contributed by atoms with Crippen molar-refractivity contribution in [3.8, 4) is 5.75 Å². The third-order valence-corrected chi connectivity index (χ3v) is 7.55. The Labute approximate surface area is 271 Å². The first-order valence-corrected chi connectivity index (χ1v) is 15.2. The summed E-state index contributed by atoms with van der Waals surface area (Å²) in [6.45, 7) is 2.71. The number of ether oxygens (including phenoxy) is 1. The molecule has 2 atom stereocenters. The average molecular weight is 647 g/mol. The number of carbonyl (C=O) groups excluding carboxylic acids is 3. The van der Waals surface area contributed by atoms with Crippen molar-refractivity contribution in [1.82, 2.24) is 16.0 Å². The van der Waals surface area contributed by atoms with Crippen LogP contribution in [0.2, 0.25) is 0 Å². The van der Waals surface area contributed by atoms with Gasteiger partial charge in [-0.1, -0.05) is 72.8 Å². The van der Waals surface area contributed by atoms with Crippen molar-refractivity contribution in [3.05, 3.63) is 137 Å². The highest BCUT2D eigenvalue weighted by Gasteiger charge is 2.31. The maximum absolute atomic E-state index is 13.7. The normalized spacial score (nSPS) is 12.4. The lowest BCUT2D eigenvalue weighted by atomic mass is 9.95. The minimum Gasteiger partial charge on any atom is -0.494 e. The van der Waals surface area contributed by atoms with E-state index < -0.39 is 35.4 Å². The van der Waals surface area contributed by atoms with E-state index in [-0.39, 0.29) is 31.1 Å². The molecule has 5 N–H and O–H groups in total. The molecule has 8 nitrogen and oxygen atoms in total. The van der Waals surface area contributed by atoms with Crippen LogP contribution >= 0.6 is 0 Å². The number of halogens is 3. The zero-order valence-corrected chi connectivity index (χ0v) is 25.8. The number of nitrogens with two attached hydrogens (primary N) is 1. The quantitative estimate of drug-likeness (QED) is 0.148. The number of carbonyl (C=O) groups is 3. The minimum absolute atomic E-state index is 0.0457. The highest BCUT2D eigenvalue weighted by atomic mass is 19.4. The minimum atomic E-state index is -4.61. The van der Waals surface area contributed by atoms with Gasteiger partial charge in [-0.3, -0.25) is 14.4 Å². The summed E-state index contributed by atoms with van der Waals surface area (Å²) in [6, 6.07) is 27.4. The van der Waals surface area contributed by atoms with Crippen LogP contribution in [-0.4, -0.2) is 37.4 Å². The monoisotopic (exact) mass is 646 g/mol. The molecule has 4 rings (SSSR count). The lowest BCUT2D eigenvalue weighted by molar-refractivity contribution is -0.137. The first-order chi connectivity index (χ1) is 22.6. The van der Waals surface area contributed by atoms with Crippen molar-refractivity contribution in [2.75, 3.05) is 19.7 Å². The topological polar surface area (TPSA) is 123 Å². The fourth-order valence-electron chi connectivity index (χ4n) is 4.94. The van der Waals surface area contributed by atoms with Gasteiger partial charge >= 0.3 is 6.18 Å². The predicted molar refractivity (Wildman–Crippen MR) is 173 cm³/mol. The van der Waals surface area contributed by atoms with Crippen LogP contribution in [0.5, 0.6) is 5.75 Å². The Bertz CT molecular complexity index is 1630. The highest BCUT2D eigenvalue weighted by molar-refractivity contribution is 5.95. The standard InChI is InChI=1S/C36H37F3N4O4/c1-2-47-30-17-15-27(16-18-30)32(22-42-33(44)28-9-6-10-29(19-28)36(37,38)39)35(46)43-23-31(26-7-4-3-5-8-26)34(45)41-21-25-13-11-24(20-40)12-14-25/h3-19,31-32H,2,20-23,40H2,1H3,(H,41,45)(H,42,44)(H,43,46)/t31-,32+/m0/s1. The molecule has 11 heteroatoms. The molecule has 0 saturated heterocycles. The molecule has 0 saturated carbocycles. The van der Waals surface area contributed by atoms with Crippen LogP contribution < -0.4 is 26.4 Å². The first kappa shape index (κ1) is 34.7. The van der Waals surface area contributed by atoms with Crippen molar-refractivity contribution >= 4 is 17.7 Å². The van der Waals surface area contributed by atoms with Gasteiger partial charge in [0, 0.05) is 31.7 Å². The van der Waals surface area contributed by atoms with Gasteiger partial charge in [0.25, 0.3) is 5.91 Å². The Balaban J connectivity index is 1.50. The Morgan fingerprint density at radius 2 is 1.32 bits per heavy atom. The van der Waals surface area contributed by atoms with Crippen LogP contribution in [0.1, 0.15) is 56.9 Å². The van der Waals surface area contributed by atoms with E-state index in [9.17, 15) is 27.6 Å². The molecule has 0 aliphatic rings. The van der Waals surface area contributed by atoms with Crippen LogP contribution in [0.25, 0.3) is 0 Å². The van der Waals surface area contributed by atoms with Crippen molar-refractivity contribution in [2.45, 2.75) is 38.0 Å². The molecule has 47 heavy (non-hydrogen) atoms. The molecular weight excluding hydrogens is 609 g/mol. The van der Waals surface area contributed by atoms with E-state index in [0.717, 1.165) is 29.3 Å². The van der Waals surface area contributed by atoms with E-state index in [2.05, 4.69) is 16.0 Å². The summed E-state index contributed by atoms with van der Waals surface area (Å²) in [7, 11) is 0. The summed E-state index contributed by atoms with van der Waals surface area (Å²) in [5, 5.41) is 8.40. The molecule has 0 heterocycles. The molecule has 0 aliphatic carbocycles. The Hall–Kier alpha value is -5.16. The molecule has 0 bridgehead atoms. The maximum Gasteiger partial charge on any atom is 0.416 e. The summed E-state index contributed by atoms with van der Waals surface area (Å²) in [5.41, 5.74) is 7.62. The fraction of sp³-hybridized carbons (Fsp3) is 0.250. The van der Waals surface area contributed by atoms with Crippen molar-refractivity contribution < 1.29 is 32.3 Å². The van der Waals surface area contributed by atoms with Crippen molar-refractivity contribution in [1.29, 1.82) is 0 Å². The van der Waals surface area contributed by atoms with Crippen LogP contribution in [0.3, 0.4) is 0 Å². The van der Waals surface area contributed by atoms with Gasteiger partial charge in [0.2, 0.25) is 11.8 Å². The predicted octanol–water partition coefficient (Wildman–Crippen LogP) is 5.29. The summed E-state index contributed by atoms with van der Waals surface area (Å²) < 4.78 is 45.2. The van der Waals surface area contributed by atoms with Gasteiger partial charge in [-0.25, -0.2) is 0 Å². The summed E-state index contributed by atoms with van der Waals surface area (Å²) >= 11 is 0. The summed E-state index contributed by atoms with van der Waals surface area (Å²) in [4.78, 5) is 40.0. The second kappa shape index (κ2) is 16.4. The fourth-order valence-corrected chi connectivity index (χ4v) is 4.94. The SMILES string of the molecule is CCOc1ccc([C@@H](CNC(=O)c2cccc(C(F)(F)F)c2)C(=O)NC[C@H](C(=O)NCc2ccc(CN)cc2)c2ccccc2)cc1. The van der Waals surface area contributed by atoms with Crippen molar-refractivity contribution in [2.24, 2.45) is 5.73 Å². The highest BCUT2D eigenvalue weighted by Crippen LogP contribution is 2.29. The average Bonchev–Trinajstić information content (AvgIpc) is 3.08. The van der Waals surface area contributed by atoms with Crippen molar-refractivity contribution in [3.63, 3.8) is 0 Å². The lowest BCUT2D eigenvalue weighted by Crippen LogP contribution is -2.41. The number of rotatable bonds is 14. The van der Waals surface area contributed by atoms with E-state index in [4.69, 9.17) is 10.5 Å². The number of hydrogen-bond donors (Lipinski definition) is 4. The molecule has 0 spiro atoms. The summed E-state index contributed by atoms with van der Waals surface area (Å²) in [5.74, 6) is -2.62. The van der Waals surface area contributed by atoms with E-state index in [1.807, 2.05) is 37.3 Å². The number of benzene rings is 4. The van der Waals surface area contributed by atoms with Crippen LogP contribution in [0.4, 0.5) is 13.2 Å². The van der Waals surface area contributed by atoms with Gasteiger partial charge < -0.3 is 26.4 Å². The molecule has 0 radical (unpaired) electrons. The van der Waals surface area contributed by atoms with Gasteiger partial charge in [-0.15, -0.1) is 0 Å². The third kappa shape index (κ3) is 9.91. The number of amides is 3. The van der Waals surface area contributed by atoms with Gasteiger partial charge in [-0.05, 0) is 59.5 Å². The van der Waals surface area contributed by atoms with Crippen LogP contribution in [-0.2, 0) is 28.9 Å². The number of alkyl halides is 3. The van der Waals surface area contributed by atoms with E-state index in [1.165, 1.54) is 6.07 Å². The third-order valence-electron chi connectivity index (χ3n) is 7.55. The van der Waals surface area contributed by atoms with Gasteiger partial charge in [0.1, 0.15) is 5.75 Å². The molecule has 0 fully saturated rings. The molecule has 0 aliphatic heterocycles. The molecule has 3 amide bonds. The Kier molecular flexibility index (Phi) is 12.1. The molecule has 4 aromatic rings. The van der Waals surface area contributed by atoms with Crippen LogP contribution in [0, 0.1) is 0 Å². The molecule has 4 aromatic carbocycles. The molecule has 246 valence electrons. The first-order valence-electron chi connectivity index (χ1n) is 15.2.